The first-order valence-corrected chi connectivity index (χ1v) is 16.4. The number of imide groups is 1. The molecule has 0 bridgehead atoms. The molecule has 4 N–H and O–H groups in total. The van der Waals surface area contributed by atoms with E-state index in [1.165, 1.54) is 29.2 Å². The van der Waals surface area contributed by atoms with Crippen molar-refractivity contribution in [2.24, 2.45) is 0 Å². The fourth-order valence-corrected chi connectivity index (χ4v) is 5.17. The number of benzene rings is 2. The third kappa shape index (κ3) is 7.97. The number of amides is 3. The molecule has 1 aliphatic carbocycles. The second kappa shape index (κ2) is 14.2. The highest BCUT2D eigenvalue weighted by Gasteiger charge is 2.40. The number of carbonyl (C=O) groups is 4. The van der Waals surface area contributed by atoms with E-state index in [1.54, 1.807) is 19.1 Å². The van der Waals surface area contributed by atoms with Gasteiger partial charge in [-0.2, -0.15) is 5.10 Å². The highest BCUT2D eigenvalue weighted by Crippen LogP contribution is 2.37. The number of nitrogens with one attached hydrogen (secondary N) is 2. The van der Waals surface area contributed by atoms with Crippen molar-refractivity contribution in [3.8, 4) is 5.75 Å². The minimum atomic E-state index is -4.77. The predicted octanol–water partition coefficient (Wildman–Crippen LogP) is 4.26. The summed E-state index contributed by atoms with van der Waals surface area (Å²) in [5.74, 6) is -1.50. The Hall–Kier alpha value is -5.31. The molecule has 5 rings (SSSR count). The topological polar surface area (TPSA) is 211 Å². The maximum absolute atomic E-state index is 13.8. The van der Waals surface area contributed by atoms with Gasteiger partial charge in [-0.05, 0) is 80.6 Å². The molecule has 252 valence electrons. The van der Waals surface area contributed by atoms with Crippen LogP contribution >= 0.6 is 7.82 Å². The van der Waals surface area contributed by atoms with Crippen molar-refractivity contribution in [3.05, 3.63) is 82.8 Å². The summed E-state index contributed by atoms with van der Waals surface area (Å²) in [6, 6.07) is 9.62. The van der Waals surface area contributed by atoms with Crippen molar-refractivity contribution in [3.63, 3.8) is 0 Å². The minimum absolute atomic E-state index is 0.00237. The summed E-state index contributed by atoms with van der Waals surface area (Å²) in [5, 5.41) is 10.4. The van der Waals surface area contributed by atoms with E-state index in [1.807, 2.05) is 19.9 Å². The Morgan fingerprint density at radius 1 is 1.04 bits per heavy atom. The van der Waals surface area contributed by atoms with Crippen molar-refractivity contribution < 1.29 is 47.5 Å². The van der Waals surface area contributed by atoms with Gasteiger partial charge >= 0.3 is 19.9 Å². The van der Waals surface area contributed by atoms with Crippen molar-refractivity contribution in [1.29, 1.82) is 0 Å². The van der Waals surface area contributed by atoms with E-state index in [0.29, 0.717) is 47.5 Å². The lowest BCUT2D eigenvalue weighted by Gasteiger charge is -2.19. The normalized spacial score (nSPS) is 12.7. The number of carbonyl (C=O) groups excluding carboxylic acids is 4. The highest BCUT2D eigenvalue weighted by molar-refractivity contribution is 7.46. The molecular formula is C31H33N6O10P. The summed E-state index contributed by atoms with van der Waals surface area (Å²) in [5.41, 5.74) is 3.12. The summed E-state index contributed by atoms with van der Waals surface area (Å²) < 4.78 is 27.0. The molecule has 16 nitrogen and oxygen atoms in total. The maximum Gasteiger partial charge on any atom is 0.524 e. The Morgan fingerprint density at radius 2 is 1.75 bits per heavy atom. The summed E-state index contributed by atoms with van der Waals surface area (Å²) in [7, 11) is -4.77. The Kier molecular flexibility index (Phi) is 10.1. The van der Waals surface area contributed by atoms with Crippen LogP contribution in [-0.2, 0) is 14.0 Å². The van der Waals surface area contributed by atoms with E-state index in [0.717, 1.165) is 29.0 Å². The van der Waals surface area contributed by atoms with Crippen LogP contribution in [0.5, 0.6) is 5.75 Å². The van der Waals surface area contributed by atoms with Crippen molar-refractivity contribution in [2.45, 2.75) is 46.1 Å². The average molecular weight is 681 g/mol. The number of ether oxygens (including phenoxy) is 2. The fourth-order valence-electron chi connectivity index (χ4n) is 4.77. The smallest absolute Gasteiger partial charge is 0.424 e. The third-order valence-electron chi connectivity index (χ3n) is 7.36. The van der Waals surface area contributed by atoms with Crippen molar-refractivity contribution in [2.75, 3.05) is 18.7 Å². The van der Waals surface area contributed by atoms with Gasteiger partial charge in [0.15, 0.2) is 5.82 Å². The van der Waals surface area contributed by atoms with E-state index in [9.17, 15) is 23.7 Å². The van der Waals surface area contributed by atoms with E-state index in [4.69, 9.17) is 19.3 Å². The number of phosphoric ester groups is 1. The van der Waals surface area contributed by atoms with Gasteiger partial charge in [0, 0.05) is 30.0 Å². The van der Waals surface area contributed by atoms with Crippen LogP contribution in [0.1, 0.15) is 68.4 Å². The van der Waals surface area contributed by atoms with E-state index < -0.39 is 38.6 Å². The Morgan fingerprint density at radius 3 is 2.42 bits per heavy atom. The summed E-state index contributed by atoms with van der Waals surface area (Å²) in [6.45, 7) is 5.31. The van der Waals surface area contributed by atoms with Crippen LogP contribution in [0, 0.1) is 13.8 Å². The highest BCUT2D eigenvalue weighted by atomic mass is 31.2. The van der Waals surface area contributed by atoms with Crippen molar-refractivity contribution >= 4 is 48.7 Å². The quantitative estimate of drug-likeness (QED) is 0.0937. The molecule has 2 aromatic heterocycles. The molecule has 1 fully saturated rings. The van der Waals surface area contributed by atoms with Gasteiger partial charge in [-0.3, -0.25) is 19.4 Å². The van der Waals surface area contributed by atoms with Gasteiger partial charge in [0.2, 0.25) is 6.79 Å². The number of hydrogen-bond donors (Lipinski definition) is 4. The first-order valence-electron chi connectivity index (χ1n) is 14.9. The molecule has 0 spiro atoms. The summed E-state index contributed by atoms with van der Waals surface area (Å²) >= 11 is 0. The molecule has 1 saturated carbocycles. The molecule has 17 heteroatoms. The Labute approximate surface area is 274 Å². The van der Waals surface area contributed by atoms with Crippen LogP contribution in [0.25, 0.3) is 5.52 Å². The number of phosphoric acid groups is 1. The number of anilines is 2. The Balaban J connectivity index is 1.29. The number of esters is 1. The van der Waals surface area contributed by atoms with Gasteiger partial charge in [-0.25, -0.2) is 28.6 Å². The molecule has 4 aromatic rings. The van der Waals surface area contributed by atoms with E-state index in [2.05, 4.69) is 25.2 Å². The summed E-state index contributed by atoms with van der Waals surface area (Å²) in [4.78, 5) is 74.9. The van der Waals surface area contributed by atoms with Gasteiger partial charge in [0.05, 0.1) is 11.1 Å². The molecule has 0 saturated heterocycles. The lowest BCUT2D eigenvalue weighted by molar-refractivity contribution is -0.0110. The monoisotopic (exact) mass is 680 g/mol. The van der Waals surface area contributed by atoms with Crippen LogP contribution in [0.2, 0.25) is 0 Å². The number of rotatable bonds is 12. The zero-order chi connectivity index (χ0) is 34.6. The Bertz CT molecular complexity index is 1920. The molecule has 1 aliphatic rings. The van der Waals surface area contributed by atoms with E-state index in [-0.39, 0.29) is 22.8 Å². The molecule has 0 radical (unpaired) electrons. The molecule has 0 aliphatic heterocycles. The lowest BCUT2D eigenvalue weighted by Crippen LogP contribution is -2.39. The van der Waals surface area contributed by atoms with Crippen LogP contribution in [0.4, 0.5) is 16.3 Å². The summed E-state index contributed by atoms with van der Waals surface area (Å²) in [6.07, 6.45) is 3.75. The van der Waals surface area contributed by atoms with Gasteiger partial charge in [0.25, 0.3) is 11.8 Å². The fraction of sp³-hybridized carbons (Fsp3) is 0.290. The van der Waals surface area contributed by atoms with E-state index >= 15 is 0 Å². The molecule has 2 aromatic carbocycles. The molecular weight excluding hydrogens is 647 g/mol. The largest absolute Gasteiger partial charge is 0.524 e. The molecule has 3 amide bonds. The molecule has 0 unspecified atom stereocenters. The zero-order valence-corrected chi connectivity index (χ0v) is 27.1. The predicted molar refractivity (Wildman–Crippen MR) is 170 cm³/mol. The van der Waals surface area contributed by atoms with Gasteiger partial charge in [0.1, 0.15) is 17.6 Å². The second-order valence-electron chi connectivity index (χ2n) is 11.0. The van der Waals surface area contributed by atoms with Gasteiger partial charge in [-0.1, -0.05) is 13.0 Å². The van der Waals surface area contributed by atoms with Crippen molar-refractivity contribution in [1.82, 2.24) is 24.8 Å². The number of aromatic nitrogens is 3. The number of aryl methyl sites for hydroxylation is 2. The first-order chi connectivity index (χ1) is 22.9. The number of nitrogens with zero attached hydrogens (tertiary/aromatic N) is 4. The second-order valence-corrected chi connectivity index (χ2v) is 12.1. The van der Waals surface area contributed by atoms with Gasteiger partial charge in [-0.15, -0.1) is 0 Å². The molecule has 0 atom stereocenters. The lowest BCUT2D eigenvalue weighted by atomic mass is 10.1. The first kappa shape index (κ1) is 34.0. The van der Waals surface area contributed by atoms with Crippen LogP contribution < -0.4 is 15.2 Å². The van der Waals surface area contributed by atoms with Crippen LogP contribution in [-0.4, -0.2) is 72.5 Å². The number of hydrogen-bond acceptors (Lipinski definition) is 11. The number of fused-ring (bicyclic) bond motifs is 1. The minimum Gasteiger partial charge on any atom is -0.424 e. The molecule has 2 heterocycles. The third-order valence-corrected chi connectivity index (χ3v) is 7.81. The van der Waals surface area contributed by atoms with Crippen LogP contribution in [0.15, 0.2) is 55.0 Å². The van der Waals surface area contributed by atoms with Gasteiger partial charge < -0.3 is 24.6 Å². The molecule has 48 heavy (non-hydrogen) atoms. The zero-order valence-electron chi connectivity index (χ0n) is 26.2. The van der Waals surface area contributed by atoms with Crippen LogP contribution in [0.3, 0.4) is 0 Å². The SMILES string of the molecule is CCCNC(=O)c1ccc(C)c(Nc2ncnn3cc(C(=O)N(C(=O)OCOC(=O)c4ccc(OP(=O)(O)O)cc4)C4CC4)c(C)c23)c1. The average Bonchev–Trinajstić information content (AvgIpc) is 3.81. The standard InChI is InChI=1S/C31H33N6O10P/c1-4-13-32-28(38)21-6-5-18(2)25(14-21)35-27-26-19(3)24(15-36(26)34-16-33-27)29(39)37(22-9-10-22)31(41)46-17-45-30(40)20-7-11-23(12-8-20)47-48(42,43)44/h5-8,11-12,14-16,22H,4,9-10,13,17H2,1-3H3,(H,32,38)(H,33,34,35)(H2,42,43,44). The maximum atomic E-state index is 13.8.